The highest BCUT2D eigenvalue weighted by atomic mass is 32.1. The Kier molecular flexibility index (Phi) is 4.27. The molecule has 0 aliphatic heterocycles. The quantitative estimate of drug-likeness (QED) is 0.869. The SMILES string of the molecule is CCC(C(=O)O)C(O)c1csc(C(C)(C)C)n1. The van der Waals surface area contributed by atoms with Crippen molar-refractivity contribution in [3.63, 3.8) is 0 Å². The molecule has 0 aliphatic rings. The van der Waals surface area contributed by atoms with Gasteiger partial charge in [0, 0.05) is 10.8 Å². The lowest BCUT2D eigenvalue weighted by atomic mass is 9.96. The number of hydrogen-bond donors (Lipinski definition) is 2. The molecule has 5 heteroatoms. The zero-order chi connectivity index (χ0) is 13.2. The molecule has 1 aromatic heterocycles. The highest BCUT2D eigenvalue weighted by molar-refractivity contribution is 7.09. The van der Waals surface area contributed by atoms with Crippen molar-refractivity contribution >= 4 is 17.3 Å². The molecule has 2 atom stereocenters. The van der Waals surface area contributed by atoms with Crippen LogP contribution in [0.5, 0.6) is 0 Å². The van der Waals surface area contributed by atoms with Crippen LogP contribution < -0.4 is 0 Å². The van der Waals surface area contributed by atoms with Crippen LogP contribution in [0.15, 0.2) is 5.38 Å². The van der Waals surface area contributed by atoms with Gasteiger partial charge in [-0.2, -0.15) is 0 Å². The van der Waals surface area contributed by atoms with Crippen LogP contribution in [-0.4, -0.2) is 21.2 Å². The molecule has 0 saturated carbocycles. The van der Waals surface area contributed by atoms with Gasteiger partial charge in [0.05, 0.1) is 16.6 Å². The van der Waals surface area contributed by atoms with Crippen molar-refractivity contribution in [2.75, 3.05) is 0 Å². The molecule has 1 heterocycles. The van der Waals surface area contributed by atoms with E-state index in [4.69, 9.17) is 5.11 Å². The predicted molar refractivity (Wildman–Crippen MR) is 67.2 cm³/mol. The Labute approximate surface area is 105 Å². The minimum Gasteiger partial charge on any atom is -0.481 e. The summed E-state index contributed by atoms with van der Waals surface area (Å²) < 4.78 is 0. The van der Waals surface area contributed by atoms with E-state index in [1.54, 1.807) is 12.3 Å². The lowest BCUT2D eigenvalue weighted by molar-refractivity contribution is -0.146. The topological polar surface area (TPSA) is 70.4 Å². The van der Waals surface area contributed by atoms with Gasteiger partial charge in [0.25, 0.3) is 0 Å². The lowest BCUT2D eigenvalue weighted by Crippen LogP contribution is -2.21. The molecule has 0 saturated heterocycles. The van der Waals surface area contributed by atoms with Crippen LogP contribution in [0.2, 0.25) is 0 Å². The van der Waals surface area contributed by atoms with E-state index in [0.29, 0.717) is 12.1 Å². The number of carbonyl (C=O) groups is 1. The summed E-state index contributed by atoms with van der Waals surface area (Å²) >= 11 is 1.46. The molecule has 0 aromatic carbocycles. The summed E-state index contributed by atoms with van der Waals surface area (Å²) in [5.74, 6) is -1.77. The molecule has 0 amide bonds. The summed E-state index contributed by atoms with van der Waals surface area (Å²) in [7, 11) is 0. The number of aromatic nitrogens is 1. The van der Waals surface area contributed by atoms with Gasteiger partial charge in [-0.1, -0.05) is 27.7 Å². The molecule has 2 N–H and O–H groups in total. The van der Waals surface area contributed by atoms with E-state index in [-0.39, 0.29) is 5.41 Å². The number of aliphatic hydroxyl groups excluding tert-OH is 1. The van der Waals surface area contributed by atoms with Gasteiger partial charge in [-0.25, -0.2) is 4.98 Å². The smallest absolute Gasteiger partial charge is 0.309 e. The first kappa shape index (κ1) is 14.1. The molecule has 0 spiro atoms. The van der Waals surface area contributed by atoms with Gasteiger partial charge >= 0.3 is 5.97 Å². The van der Waals surface area contributed by atoms with Gasteiger partial charge in [0.2, 0.25) is 0 Å². The molecule has 0 bridgehead atoms. The minimum absolute atomic E-state index is 0.0758. The first-order valence-electron chi connectivity index (χ1n) is 5.64. The number of carboxylic acids is 1. The van der Waals surface area contributed by atoms with Crippen molar-refractivity contribution in [2.24, 2.45) is 5.92 Å². The summed E-state index contributed by atoms with van der Waals surface area (Å²) in [4.78, 5) is 15.3. The zero-order valence-electron chi connectivity index (χ0n) is 10.6. The number of aliphatic carboxylic acids is 1. The Bertz CT molecular complexity index is 395. The number of carboxylic acid groups (broad SMARTS) is 1. The van der Waals surface area contributed by atoms with Crippen LogP contribution in [-0.2, 0) is 10.2 Å². The molecule has 17 heavy (non-hydrogen) atoms. The summed E-state index contributed by atoms with van der Waals surface area (Å²) in [6.07, 6.45) is -0.636. The second-order valence-corrected chi connectivity index (χ2v) is 5.98. The van der Waals surface area contributed by atoms with Crippen molar-refractivity contribution in [1.82, 2.24) is 4.98 Å². The fourth-order valence-electron chi connectivity index (χ4n) is 1.51. The molecule has 4 nitrogen and oxygen atoms in total. The number of thiazole rings is 1. The van der Waals surface area contributed by atoms with E-state index in [1.165, 1.54) is 11.3 Å². The van der Waals surface area contributed by atoms with E-state index in [2.05, 4.69) is 4.98 Å². The first-order valence-corrected chi connectivity index (χ1v) is 6.52. The van der Waals surface area contributed by atoms with Gasteiger partial charge in [0.1, 0.15) is 6.10 Å². The van der Waals surface area contributed by atoms with Gasteiger partial charge in [-0.3, -0.25) is 4.79 Å². The van der Waals surface area contributed by atoms with Crippen LogP contribution in [0.4, 0.5) is 0 Å². The van der Waals surface area contributed by atoms with Crippen molar-refractivity contribution in [3.05, 3.63) is 16.1 Å². The number of aliphatic hydroxyl groups is 1. The maximum Gasteiger partial charge on any atom is 0.309 e. The van der Waals surface area contributed by atoms with E-state index < -0.39 is 18.0 Å². The Morgan fingerprint density at radius 1 is 1.53 bits per heavy atom. The molecule has 0 radical (unpaired) electrons. The fraction of sp³-hybridized carbons (Fsp3) is 0.667. The summed E-state index contributed by atoms with van der Waals surface area (Å²) in [5, 5.41) is 21.6. The second-order valence-electron chi connectivity index (χ2n) is 5.13. The Morgan fingerprint density at radius 2 is 2.12 bits per heavy atom. The largest absolute Gasteiger partial charge is 0.481 e. The predicted octanol–water partition coefficient (Wildman–Crippen LogP) is 2.58. The highest BCUT2D eigenvalue weighted by Crippen LogP contribution is 2.31. The molecule has 96 valence electrons. The summed E-state index contributed by atoms with van der Waals surface area (Å²) in [6, 6.07) is 0. The molecule has 1 rings (SSSR count). The molecular weight excluding hydrogens is 238 g/mol. The van der Waals surface area contributed by atoms with E-state index in [0.717, 1.165) is 5.01 Å². The van der Waals surface area contributed by atoms with E-state index in [1.807, 2.05) is 20.8 Å². The standard InChI is InChI=1S/C12H19NO3S/c1-5-7(10(15)16)9(14)8-6-17-11(13-8)12(2,3)4/h6-7,9,14H,5H2,1-4H3,(H,15,16). The third-order valence-corrected chi connectivity index (χ3v) is 3.89. The molecule has 0 aliphatic carbocycles. The summed E-state index contributed by atoms with van der Waals surface area (Å²) in [6.45, 7) is 7.86. The molecule has 2 unspecified atom stereocenters. The molecule has 1 aromatic rings. The monoisotopic (exact) mass is 257 g/mol. The van der Waals surface area contributed by atoms with Crippen LogP contribution in [0.1, 0.15) is 50.9 Å². The number of nitrogens with zero attached hydrogens (tertiary/aromatic N) is 1. The Hall–Kier alpha value is -0.940. The van der Waals surface area contributed by atoms with E-state index in [9.17, 15) is 9.90 Å². The van der Waals surface area contributed by atoms with Crippen molar-refractivity contribution in [1.29, 1.82) is 0 Å². The third-order valence-electron chi connectivity index (χ3n) is 2.60. The van der Waals surface area contributed by atoms with Gasteiger partial charge in [-0.15, -0.1) is 11.3 Å². The normalized spacial score (nSPS) is 15.6. The van der Waals surface area contributed by atoms with Crippen LogP contribution in [0, 0.1) is 5.92 Å². The Morgan fingerprint density at radius 3 is 2.47 bits per heavy atom. The first-order chi connectivity index (χ1) is 7.77. The van der Waals surface area contributed by atoms with Crippen molar-refractivity contribution < 1.29 is 15.0 Å². The minimum atomic E-state index is -1.02. The maximum absolute atomic E-state index is 11.0. The maximum atomic E-state index is 11.0. The van der Waals surface area contributed by atoms with Gasteiger partial charge < -0.3 is 10.2 Å². The second kappa shape index (κ2) is 5.14. The fourth-order valence-corrected chi connectivity index (χ4v) is 2.44. The number of hydrogen-bond acceptors (Lipinski definition) is 4. The average molecular weight is 257 g/mol. The Balaban J connectivity index is 2.93. The van der Waals surface area contributed by atoms with Gasteiger partial charge in [-0.05, 0) is 6.42 Å². The van der Waals surface area contributed by atoms with Crippen LogP contribution in [0.25, 0.3) is 0 Å². The van der Waals surface area contributed by atoms with Crippen LogP contribution in [0.3, 0.4) is 0 Å². The van der Waals surface area contributed by atoms with E-state index >= 15 is 0 Å². The highest BCUT2D eigenvalue weighted by Gasteiger charge is 2.29. The molecule has 0 fully saturated rings. The average Bonchev–Trinajstić information content (AvgIpc) is 2.65. The van der Waals surface area contributed by atoms with Crippen LogP contribution >= 0.6 is 11.3 Å². The lowest BCUT2D eigenvalue weighted by Gasteiger charge is -2.16. The number of rotatable bonds is 4. The third kappa shape index (κ3) is 3.26. The summed E-state index contributed by atoms with van der Waals surface area (Å²) in [5.41, 5.74) is 0.391. The molecular formula is C12H19NO3S. The van der Waals surface area contributed by atoms with Gasteiger partial charge in [0.15, 0.2) is 0 Å². The van der Waals surface area contributed by atoms with Crippen molar-refractivity contribution in [3.8, 4) is 0 Å². The van der Waals surface area contributed by atoms with Crippen molar-refractivity contribution in [2.45, 2.75) is 45.6 Å². The zero-order valence-corrected chi connectivity index (χ0v) is 11.4.